The molecule has 2 fully saturated rings. The Balaban J connectivity index is 1.56. The number of hydrogen-bond donors (Lipinski definition) is 3. The van der Waals surface area contributed by atoms with Gasteiger partial charge in [-0.25, -0.2) is 18.2 Å². The summed E-state index contributed by atoms with van der Waals surface area (Å²) in [5.74, 6) is -2.84. The van der Waals surface area contributed by atoms with E-state index >= 15 is 0 Å². The first-order chi connectivity index (χ1) is 19.2. The molecule has 2 saturated heterocycles. The van der Waals surface area contributed by atoms with Crippen LogP contribution in [0.25, 0.3) is 11.3 Å². The quantitative estimate of drug-likeness (QED) is 0.373. The van der Waals surface area contributed by atoms with Crippen molar-refractivity contribution in [2.75, 3.05) is 32.8 Å². The largest absolute Gasteiger partial charge is 0.381 e. The maximum absolute atomic E-state index is 14.8. The van der Waals surface area contributed by atoms with Gasteiger partial charge in [0, 0.05) is 57.1 Å². The highest BCUT2D eigenvalue weighted by molar-refractivity contribution is 5.85. The Morgan fingerprint density at radius 3 is 2.65 bits per heavy atom. The Morgan fingerprint density at radius 1 is 1.20 bits per heavy atom. The van der Waals surface area contributed by atoms with E-state index in [9.17, 15) is 23.1 Å². The van der Waals surface area contributed by atoms with Crippen LogP contribution in [0.1, 0.15) is 37.1 Å². The Kier molecular flexibility index (Phi) is 8.58. The number of carbonyl (C=O) groups is 1. The molecule has 3 aromatic rings. The highest BCUT2D eigenvalue weighted by atomic mass is 19.1. The van der Waals surface area contributed by atoms with Gasteiger partial charge in [0.1, 0.15) is 29.2 Å². The molecule has 0 bridgehead atoms. The fourth-order valence-electron chi connectivity index (χ4n) is 5.82. The number of ether oxygens (including phenoxy) is 1. The van der Waals surface area contributed by atoms with Gasteiger partial charge in [-0.2, -0.15) is 0 Å². The van der Waals surface area contributed by atoms with Crippen LogP contribution in [0.15, 0.2) is 54.7 Å². The van der Waals surface area contributed by atoms with Crippen LogP contribution in [0.3, 0.4) is 0 Å². The normalized spacial score (nSPS) is 22.1. The molecule has 4 atom stereocenters. The first-order valence-electron chi connectivity index (χ1n) is 13.7. The maximum atomic E-state index is 14.8. The van der Waals surface area contributed by atoms with Crippen molar-refractivity contribution in [1.29, 1.82) is 0 Å². The highest BCUT2D eigenvalue weighted by Gasteiger charge is 2.47. The molecule has 2 aliphatic heterocycles. The van der Waals surface area contributed by atoms with Crippen LogP contribution in [-0.4, -0.2) is 65.2 Å². The summed E-state index contributed by atoms with van der Waals surface area (Å²) in [5, 5.41) is 17.6. The van der Waals surface area contributed by atoms with Gasteiger partial charge in [0.2, 0.25) is 0 Å². The third-order valence-electron chi connectivity index (χ3n) is 8.07. The van der Waals surface area contributed by atoms with Crippen molar-refractivity contribution in [3.8, 4) is 11.3 Å². The zero-order chi connectivity index (χ0) is 28.3. The molecular weight excluding hydrogens is 521 g/mol. The monoisotopic (exact) mass is 556 g/mol. The second-order valence-corrected chi connectivity index (χ2v) is 10.9. The van der Waals surface area contributed by atoms with E-state index in [1.54, 1.807) is 10.8 Å². The molecule has 0 saturated carbocycles. The lowest BCUT2D eigenvalue weighted by Crippen LogP contribution is -2.53. The van der Waals surface area contributed by atoms with E-state index in [1.807, 2.05) is 30.3 Å². The van der Waals surface area contributed by atoms with Gasteiger partial charge in [-0.1, -0.05) is 30.3 Å². The lowest BCUT2D eigenvalue weighted by molar-refractivity contribution is -0.143. The number of halogens is 3. The zero-order valence-corrected chi connectivity index (χ0v) is 22.5. The fourth-order valence-corrected chi connectivity index (χ4v) is 5.82. The summed E-state index contributed by atoms with van der Waals surface area (Å²) in [6.45, 7) is 3.47. The summed E-state index contributed by atoms with van der Waals surface area (Å²) in [6, 6.07) is 12.7. The van der Waals surface area contributed by atoms with Crippen molar-refractivity contribution in [3.05, 3.63) is 77.8 Å². The molecule has 3 N–H and O–H groups in total. The van der Waals surface area contributed by atoms with Crippen LogP contribution < -0.4 is 10.6 Å². The molecule has 214 valence electrons. The average Bonchev–Trinajstić information content (AvgIpc) is 3.55. The lowest BCUT2D eigenvalue weighted by atomic mass is 9.74. The predicted octanol–water partition coefficient (Wildman–Crippen LogP) is 3.81. The van der Waals surface area contributed by atoms with Gasteiger partial charge in [-0.3, -0.25) is 4.79 Å². The summed E-state index contributed by atoms with van der Waals surface area (Å²) in [7, 11) is 0. The third kappa shape index (κ3) is 6.09. The van der Waals surface area contributed by atoms with E-state index in [-0.39, 0.29) is 36.2 Å². The molecular formula is C30H35F3N4O3. The van der Waals surface area contributed by atoms with E-state index in [2.05, 4.69) is 10.6 Å². The van der Waals surface area contributed by atoms with Gasteiger partial charge in [0.15, 0.2) is 0 Å². The minimum absolute atomic E-state index is 0.00870. The van der Waals surface area contributed by atoms with Crippen molar-refractivity contribution in [3.63, 3.8) is 0 Å². The number of nitrogens with one attached hydrogen (secondary N) is 2. The van der Waals surface area contributed by atoms with Crippen molar-refractivity contribution >= 4 is 5.91 Å². The molecule has 0 spiro atoms. The summed E-state index contributed by atoms with van der Waals surface area (Å²) in [6.07, 6.45) is 1.72. The number of aromatic nitrogens is 2. The van der Waals surface area contributed by atoms with E-state index < -0.39 is 35.2 Å². The molecule has 1 unspecified atom stereocenters. The predicted molar refractivity (Wildman–Crippen MR) is 144 cm³/mol. The number of rotatable bonds is 9. The number of hydrogen-bond acceptors (Lipinski definition) is 5. The van der Waals surface area contributed by atoms with Crippen molar-refractivity contribution < 1.29 is 27.8 Å². The van der Waals surface area contributed by atoms with Crippen LogP contribution in [0.5, 0.6) is 0 Å². The van der Waals surface area contributed by atoms with Crippen LogP contribution in [-0.2, 0) is 16.1 Å². The second kappa shape index (κ2) is 12.1. The Labute approximate surface area is 231 Å². The molecule has 1 aromatic heterocycles. The SMILES string of the molecule is CC(O)(C(=O)NC[C@@H]1CNC[C@@H]1F)[C@@H](c1nc(-c2cc(F)ccc2F)cn1Cc1ccccc1)C1CCOCC1. The molecule has 0 radical (unpaired) electrons. The van der Waals surface area contributed by atoms with Gasteiger partial charge in [0.05, 0.1) is 11.6 Å². The summed E-state index contributed by atoms with van der Waals surface area (Å²) in [4.78, 5) is 18.3. The summed E-state index contributed by atoms with van der Waals surface area (Å²) in [5.41, 5.74) is -0.804. The van der Waals surface area contributed by atoms with Gasteiger partial charge in [-0.05, 0) is 49.4 Å². The van der Waals surface area contributed by atoms with E-state index in [1.165, 1.54) is 6.92 Å². The van der Waals surface area contributed by atoms with E-state index in [4.69, 9.17) is 9.72 Å². The number of carbonyl (C=O) groups excluding carboxylic acids is 1. The molecule has 1 amide bonds. The number of nitrogens with zero attached hydrogens (tertiary/aromatic N) is 2. The summed E-state index contributed by atoms with van der Waals surface area (Å²) >= 11 is 0. The number of benzene rings is 2. The smallest absolute Gasteiger partial charge is 0.252 e. The molecule has 7 nitrogen and oxygen atoms in total. The molecule has 40 heavy (non-hydrogen) atoms. The van der Waals surface area contributed by atoms with Crippen LogP contribution in [0, 0.1) is 23.5 Å². The second-order valence-electron chi connectivity index (χ2n) is 10.9. The van der Waals surface area contributed by atoms with Gasteiger partial charge < -0.3 is 25.0 Å². The number of amides is 1. The van der Waals surface area contributed by atoms with Gasteiger partial charge in [-0.15, -0.1) is 0 Å². The fraction of sp³-hybridized carbons (Fsp3) is 0.467. The summed E-state index contributed by atoms with van der Waals surface area (Å²) < 4.78 is 50.5. The highest BCUT2D eigenvalue weighted by Crippen LogP contribution is 2.41. The standard InChI is InChI=1S/C30H35F3N4O3/c1-30(39,29(38)35-15-21-14-34-16-25(21)33)27(20-9-11-40-12-10-20)28-36-26(23-13-22(31)7-8-24(23)32)18-37(28)17-19-5-3-2-4-6-19/h2-8,13,18,20-21,25,27,34,39H,9-12,14-17H2,1H3,(H,35,38)/t21-,25-,27+,30?/m0/s1. The van der Waals surface area contributed by atoms with Crippen molar-refractivity contribution in [2.45, 2.75) is 44.0 Å². The molecule has 2 aliphatic rings. The maximum Gasteiger partial charge on any atom is 0.252 e. The molecule has 5 rings (SSSR count). The molecule has 3 heterocycles. The molecule has 0 aliphatic carbocycles. The molecule has 10 heteroatoms. The number of alkyl halides is 1. The zero-order valence-electron chi connectivity index (χ0n) is 22.5. The number of imidazole rings is 1. The Bertz CT molecular complexity index is 1310. The first-order valence-corrected chi connectivity index (χ1v) is 13.7. The van der Waals surface area contributed by atoms with Crippen LogP contribution in [0.4, 0.5) is 13.2 Å². The minimum Gasteiger partial charge on any atom is -0.381 e. The Hall–Kier alpha value is -3.21. The third-order valence-corrected chi connectivity index (χ3v) is 8.07. The number of aliphatic hydroxyl groups is 1. The van der Waals surface area contributed by atoms with Crippen LogP contribution in [0.2, 0.25) is 0 Å². The van der Waals surface area contributed by atoms with Crippen LogP contribution >= 0.6 is 0 Å². The van der Waals surface area contributed by atoms with Crippen molar-refractivity contribution in [1.82, 2.24) is 20.2 Å². The minimum atomic E-state index is -1.93. The van der Waals surface area contributed by atoms with Gasteiger partial charge in [0.25, 0.3) is 5.91 Å². The van der Waals surface area contributed by atoms with E-state index in [0.29, 0.717) is 45.0 Å². The lowest BCUT2D eigenvalue weighted by Gasteiger charge is -2.38. The molecule has 2 aromatic carbocycles. The van der Waals surface area contributed by atoms with Gasteiger partial charge >= 0.3 is 0 Å². The topological polar surface area (TPSA) is 88.4 Å². The average molecular weight is 557 g/mol. The van der Waals surface area contributed by atoms with Crippen molar-refractivity contribution in [2.24, 2.45) is 11.8 Å². The van der Waals surface area contributed by atoms with E-state index in [0.717, 1.165) is 23.8 Å². The first kappa shape index (κ1) is 28.3. The Morgan fingerprint density at radius 2 is 1.95 bits per heavy atom.